The summed E-state index contributed by atoms with van der Waals surface area (Å²) in [6, 6.07) is 14.8. The number of imidazole rings is 1. The van der Waals surface area contributed by atoms with Crippen LogP contribution in [0.4, 0.5) is 0 Å². The maximum atomic E-state index is 4.92. The average Bonchev–Trinajstić information content (AvgIpc) is 2.95. The lowest BCUT2D eigenvalue weighted by atomic mass is 10.0. The van der Waals surface area contributed by atoms with Crippen LogP contribution in [0.15, 0.2) is 48.7 Å². The van der Waals surface area contributed by atoms with Gasteiger partial charge < -0.3 is 0 Å². The first-order valence-corrected chi connectivity index (χ1v) is 7.93. The van der Waals surface area contributed by atoms with E-state index in [-0.39, 0.29) is 0 Å². The van der Waals surface area contributed by atoms with E-state index in [1.807, 2.05) is 24.4 Å². The van der Waals surface area contributed by atoms with Gasteiger partial charge >= 0.3 is 0 Å². The van der Waals surface area contributed by atoms with Crippen molar-refractivity contribution in [2.75, 3.05) is 13.6 Å². The number of para-hydroxylation sites is 1. The van der Waals surface area contributed by atoms with Gasteiger partial charge in [-0.3, -0.25) is 9.47 Å². The molecule has 1 unspecified atom stereocenters. The van der Waals surface area contributed by atoms with Gasteiger partial charge in [-0.15, -0.1) is 0 Å². The molecule has 0 radical (unpaired) electrons. The summed E-state index contributed by atoms with van der Waals surface area (Å²) in [5, 5.41) is 0. The van der Waals surface area contributed by atoms with Crippen LogP contribution in [0.1, 0.15) is 31.1 Å². The number of likely N-dealkylation sites (tertiary alicyclic amines) is 1. The first kappa shape index (κ1) is 13.5. The highest BCUT2D eigenvalue weighted by molar-refractivity contribution is 5.74. The third-order valence-electron chi connectivity index (χ3n) is 4.52. The molecule has 4 rings (SSSR count). The number of hydrogen-bond acceptors (Lipinski definition) is 3. The summed E-state index contributed by atoms with van der Waals surface area (Å²) in [4.78, 5) is 11.9. The standard InChI is InChI=1S/C18H20N4/c1-21-13-6-5-11-16(21)18-20-15-10-7-12-19-17(15)22(18)14-8-3-2-4-9-14/h2-4,7-10,12,16H,5-6,11,13H2,1H3. The Morgan fingerprint density at radius 2 is 1.91 bits per heavy atom. The maximum absolute atomic E-state index is 4.92. The van der Waals surface area contributed by atoms with E-state index in [9.17, 15) is 0 Å². The van der Waals surface area contributed by atoms with Crippen LogP contribution in [-0.2, 0) is 0 Å². The first-order chi connectivity index (χ1) is 10.8. The van der Waals surface area contributed by atoms with Crippen molar-refractivity contribution in [3.8, 4) is 5.69 Å². The summed E-state index contributed by atoms with van der Waals surface area (Å²) in [6.07, 6.45) is 5.54. The molecule has 3 aromatic rings. The molecule has 0 amide bonds. The van der Waals surface area contributed by atoms with Crippen molar-refractivity contribution in [3.63, 3.8) is 0 Å². The smallest absolute Gasteiger partial charge is 0.164 e. The fraction of sp³-hybridized carbons (Fsp3) is 0.333. The highest BCUT2D eigenvalue weighted by atomic mass is 15.2. The predicted octanol–water partition coefficient (Wildman–Crippen LogP) is 3.58. The molecule has 112 valence electrons. The number of hydrogen-bond donors (Lipinski definition) is 0. The molecule has 1 aliphatic heterocycles. The molecule has 0 saturated carbocycles. The Hall–Kier alpha value is -2.20. The fourth-order valence-corrected chi connectivity index (χ4v) is 3.39. The zero-order chi connectivity index (χ0) is 14.9. The highest BCUT2D eigenvalue weighted by Crippen LogP contribution is 2.32. The number of aromatic nitrogens is 3. The van der Waals surface area contributed by atoms with Gasteiger partial charge in [0, 0.05) is 11.9 Å². The number of nitrogens with zero attached hydrogens (tertiary/aromatic N) is 4. The van der Waals surface area contributed by atoms with Crippen molar-refractivity contribution in [3.05, 3.63) is 54.5 Å². The lowest BCUT2D eigenvalue weighted by molar-refractivity contribution is 0.178. The summed E-state index contributed by atoms with van der Waals surface area (Å²) in [5.74, 6) is 1.11. The molecule has 4 nitrogen and oxygen atoms in total. The Morgan fingerprint density at radius 1 is 1.05 bits per heavy atom. The lowest BCUT2D eigenvalue weighted by Crippen LogP contribution is -2.31. The van der Waals surface area contributed by atoms with Crippen LogP contribution in [-0.4, -0.2) is 33.0 Å². The summed E-state index contributed by atoms with van der Waals surface area (Å²) in [7, 11) is 2.20. The van der Waals surface area contributed by atoms with Crippen LogP contribution < -0.4 is 0 Å². The SMILES string of the molecule is CN1CCCCC1c1nc2cccnc2n1-c1ccccc1. The largest absolute Gasteiger partial charge is 0.297 e. The Labute approximate surface area is 130 Å². The molecule has 22 heavy (non-hydrogen) atoms. The van der Waals surface area contributed by atoms with Gasteiger partial charge in [-0.25, -0.2) is 9.97 Å². The number of rotatable bonds is 2. The van der Waals surface area contributed by atoms with Gasteiger partial charge in [-0.1, -0.05) is 24.6 Å². The highest BCUT2D eigenvalue weighted by Gasteiger charge is 2.27. The van der Waals surface area contributed by atoms with E-state index in [0.717, 1.165) is 35.6 Å². The fourth-order valence-electron chi connectivity index (χ4n) is 3.39. The van der Waals surface area contributed by atoms with Crippen LogP contribution in [0, 0.1) is 0 Å². The monoisotopic (exact) mass is 292 g/mol. The molecule has 0 N–H and O–H groups in total. The van der Waals surface area contributed by atoms with Crippen LogP contribution in [0.25, 0.3) is 16.9 Å². The Bertz CT molecular complexity index is 778. The van der Waals surface area contributed by atoms with Gasteiger partial charge in [0.1, 0.15) is 11.3 Å². The summed E-state index contributed by atoms with van der Waals surface area (Å²) in [5.41, 5.74) is 3.06. The van der Waals surface area contributed by atoms with Gasteiger partial charge in [0.2, 0.25) is 0 Å². The van der Waals surface area contributed by atoms with Gasteiger partial charge in [0.25, 0.3) is 0 Å². The molecule has 0 spiro atoms. The van der Waals surface area contributed by atoms with E-state index in [4.69, 9.17) is 4.98 Å². The second kappa shape index (κ2) is 5.54. The van der Waals surface area contributed by atoms with Crippen LogP contribution in [0.5, 0.6) is 0 Å². The molecule has 3 heterocycles. The summed E-state index contributed by atoms with van der Waals surface area (Å²) < 4.78 is 2.22. The molecule has 1 aromatic carbocycles. The van der Waals surface area contributed by atoms with Crippen molar-refractivity contribution in [1.29, 1.82) is 0 Å². The van der Waals surface area contributed by atoms with Crippen LogP contribution >= 0.6 is 0 Å². The van der Waals surface area contributed by atoms with E-state index in [1.54, 1.807) is 0 Å². The maximum Gasteiger partial charge on any atom is 0.164 e. The summed E-state index contributed by atoms with van der Waals surface area (Å²) >= 11 is 0. The molecule has 1 aliphatic rings. The number of benzene rings is 1. The second-order valence-corrected chi connectivity index (χ2v) is 5.98. The Morgan fingerprint density at radius 3 is 2.73 bits per heavy atom. The first-order valence-electron chi connectivity index (χ1n) is 7.93. The normalized spacial score (nSPS) is 19.6. The molecule has 4 heteroatoms. The molecule has 0 bridgehead atoms. The minimum Gasteiger partial charge on any atom is -0.297 e. The number of piperidine rings is 1. The minimum absolute atomic E-state index is 0.364. The van der Waals surface area contributed by atoms with E-state index < -0.39 is 0 Å². The molecule has 1 fully saturated rings. The molecule has 2 aromatic heterocycles. The third kappa shape index (κ3) is 2.20. The average molecular weight is 292 g/mol. The van der Waals surface area contributed by atoms with Gasteiger partial charge in [-0.2, -0.15) is 0 Å². The second-order valence-electron chi connectivity index (χ2n) is 5.98. The molecule has 1 atom stereocenters. The minimum atomic E-state index is 0.364. The molecular formula is C18H20N4. The van der Waals surface area contributed by atoms with E-state index in [1.165, 1.54) is 12.8 Å². The Balaban J connectivity index is 1.94. The van der Waals surface area contributed by atoms with Crippen molar-refractivity contribution in [2.45, 2.75) is 25.3 Å². The Kier molecular flexibility index (Phi) is 3.39. The van der Waals surface area contributed by atoms with Crippen molar-refractivity contribution >= 4 is 11.2 Å². The topological polar surface area (TPSA) is 34.0 Å². The van der Waals surface area contributed by atoms with E-state index in [0.29, 0.717) is 6.04 Å². The zero-order valence-electron chi connectivity index (χ0n) is 12.8. The van der Waals surface area contributed by atoms with Gasteiger partial charge in [-0.05, 0) is 50.7 Å². The van der Waals surface area contributed by atoms with Gasteiger partial charge in [0.05, 0.1) is 6.04 Å². The summed E-state index contributed by atoms with van der Waals surface area (Å²) in [6.45, 7) is 1.14. The van der Waals surface area contributed by atoms with Crippen molar-refractivity contribution < 1.29 is 0 Å². The van der Waals surface area contributed by atoms with Crippen LogP contribution in [0.3, 0.4) is 0 Å². The zero-order valence-corrected chi connectivity index (χ0v) is 12.8. The predicted molar refractivity (Wildman–Crippen MR) is 88.1 cm³/mol. The number of pyridine rings is 1. The van der Waals surface area contributed by atoms with Gasteiger partial charge in [0.15, 0.2) is 5.65 Å². The molecular weight excluding hydrogens is 272 g/mol. The van der Waals surface area contributed by atoms with Crippen LogP contribution in [0.2, 0.25) is 0 Å². The van der Waals surface area contributed by atoms with E-state index in [2.05, 4.69) is 45.8 Å². The molecule has 1 saturated heterocycles. The third-order valence-corrected chi connectivity index (χ3v) is 4.52. The van der Waals surface area contributed by atoms with E-state index >= 15 is 0 Å². The lowest BCUT2D eigenvalue weighted by Gasteiger charge is -2.32. The van der Waals surface area contributed by atoms with Crippen molar-refractivity contribution in [2.24, 2.45) is 0 Å². The molecule has 0 aliphatic carbocycles. The van der Waals surface area contributed by atoms with Crippen molar-refractivity contribution in [1.82, 2.24) is 19.4 Å². The number of fused-ring (bicyclic) bond motifs is 1. The quantitative estimate of drug-likeness (QED) is 0.724.